The molecule has 3 aromatic carbocycles. The summed E-state index contributed by atoms with van der Waals surface area (Å²) in [6.07, 6.45) is 1.08. The van der Waals surface area contributed by atoms with Crippen molar-refractivity contribution in [1.29, 1.82) is 0 Å². The topological polar surface area (TPSA) is 89.0 Å². The van der Waals surface area contributed by atoms with Gasteiger partial charge in [0.25, 0.3) is 0 Å². The molecule has 8 heteroatoms. The van der Waals surface area contributed by atoms with Gasteiger partial charge in [0.15, 0.2) is 11.5 Å². The van der Waals surface area contributed by atoms with E-state index in [9.17, 15) is 9.59 Å². The second kappa shape index (κ2) is 11.5. The van der Waals surface area contributed by atoms with Gasteiger partial charge in [0.2, 0.25) is 11.8 Å². The molecule has 0 aliphatic heterocycles. The molecular formula is C24H22ClN3O4. The molecule has 2 amide bonds. The molecule has 0 saturated carbocycles. The first-order chi connectivity index (χ1) is 15.5. The van der Waals surface area contributed by atoms with E-state index in [0.717, 1.165) is 5.56 Å². The fourth-order valence-electron chi connectivity index (χ4n) is 2.75. The van der Waals surface area contributed by atoms with Gasteiger partial charge in [-0.15, -0.1) is 0 Å². The van der Waals surface area contributed by atoms with Crippen LogP contribution < -0.4 is 20.2 Å². The van der Waals surface area contributed by atoms with E-state index in [4.69, 9.17) is 21.1 Å². The Kier molecular flexibility index (Phi) is 8.22. The van der Waals surface area contributed by atoms with Gasteiger partial charge in [0, 0.05) is 10.7 Å². The monoisotopic (exact) mass is 451 g/mol. The van der Waals surface area contributed by atoms with Crippen molar-refractivity contribution in [1.82, 2.24) is 5.43 Å². The molecule has 32 heavy (non-hydrogen) atoms. The van der Waals surface area contributed by atoms with E-state index in [0.29, 0.717) is 34.4 Å². The van der Waals surface area contributed by atoms with E-state index >= 15 is 0 Å². The molecule has 0 aliphatic rings. The Morgan fingerprint density at radius 3 is 2.53 bits per heavy atom. The lowest BCUT2D eigenvalue weighted by Gasteiger charge is -2.11. The number of benzene rings is 3. The molecule has 3 aromatic rings. The van der Waals surface area contributed by atoms with E-state index in [1.54, 1.807) is 49.6 Å². The predicted molar refractivity (Wildman–Crippen MR) is 124 cm³/mol. The fourth-order valence-corrected chi connectivity index (χ4v) is 2.94. The SMILES string of the molecule is COc1cc(C=NNC(=O)CC(=O)Nc2cccc(Cl)c2)ccc1OCc1ccccc1. The number of amides is 2. The molecule has 0 spiro atoms. The minimum Gasteiger partial charge on any atom is -0.493 e. The number of ether oxygens (including phenoxy) is 2. The molecule has 2 N–H and O–H groups in total. The van der Waals surface area contributed by atoms with Gasteiger partial charge in [-0.1, -0.05) is 48.0 Å². The van der Waals surface area contributed by atoms with Crippen LogP contribution in [0.2, 0.25) is 5.02 Å². The zero-order valence-corrected chi connectivity index (χ0v) is 18.1. The summed E-state index contributed by atoms with van der Waals surface area (Å²) in [5.74, 6) is 0.115. The molecule has 0 fully saturated rings. The van der Waals surface area contributed by atoms with E-state index < -0.39 is 11.8 Å². The van der Waals surface area contributed by atoms with E-state index in [2.05, 4.69) is 15.8 Å². The minimum absolute atomic E-state index is 0.376. The maximum Gasteiger partial charge on any atom is 0.249 e. The van der Waals surface area contributed by atoms with E-state index in [1.165, 1.54) is 6.21 Å². The highest BCUT2D eigenvalue weighted by Gasteiger charge is 2.09. The lowest BCUT2D eigenvalue weighted by Crippen LogP contribution is -2.24. The molecule has 0 saturated heterocycles. The number of halogens is 1. The number of hydrogen-bond acceptors (Lipinski definition) is 5. The number of hydrogen-bond donors (Lipinski definition) is 2. The van der Waals surface area contributed by atoms with Crippen LogP contribution in [0.5, 0.6) is 11.5 Å². The van der Waals surface area contributed by atoms with Crippen molar-refractivity contribution >= 4 is 35.3 Å². The highest BCUT2D eigenvalue weighted by molar-refractivity contribution is 6.30. The Bertz CT molecular complexity index is 1100. The summed E-state index contributed by atoms with van der Waals surface area (Å²) < 4.78 is 11.2. The van der Waals surface area contributed by atoms with Crippen LogP contribution in [0.4, 0.5) is 5.69 Å². The molecular weight excluding hydrogens is 430 g/mol. The number of rotatable bonds is 9. The third-order valence-electron chi connectivity index (χ3n) is 4.26. The lowest BCUT2D eigenvalue weighted by molar-refractivity contribution is -0.126. The molecule has 164 valence electrons. The number of hydrazone groups is 1. The van der Waals surface area contributed by atoms with Crippen molar-refractivity contribution in [2.45, 2.75) is 13.0 Å². The van der Waals surface area contributed by atoms with Crippen molar-refractivity contribution in [3.05, 3.63) is 88.9 Å². The van der Waals surface area contributed by atoms with E-state index in [1.807, 2.05) is 30.3 Å². The quantitative estimate of drug-likeness (QED) is 0.286. The summed E-state index contributed by atoms with van der Waals surface area (Å²) in [6, 6.07) is 21.8. The van der Waals surface area contributed by atoms with Crippen LogP contribution >= 0.6 is 11.6 Å². The zero-order valence-electron chi connectivity index (χ0n) is 17.4. The lowest BCUT2D eigenvalue weighted by atomic mass is 10.2. The van der Waals surface area contributed by atoms with Gasteiger partial charge in [0.05, 0.1) is 13.3 Å². The van der Waals surface area contributed by atoms with Crippen LogP contribution in [0, 0.1) is 0 Å². The molecule has 0 radical (unpaired) electrons. The molecule has 0 aliphatic carbocycles. The summed E-state index contributed by atoms with van der Waals surface area (Å²) in [4.78, 5) is 23.9. The van der Waals surface area contributed by atoms with Crippen LogP contribution in [0.15, 0.2) is 77.9 Å². The Hall–Kier alpha value is -3.84. The molecule has 0 heterocycles. The van der Waals surface area contributed by atoms with Crippen LogP contribution in [0.25, 0.3) is 0 Å². The smallest absolute Gasteiger partial charge is 0.249 e. The highest BCUT2D eigenvalue weighted by Crippen LogP contribution is 2.28. The van der Waals surface area contributed by atoms with Crippen molar-refractivity contribution in [2.75, 3.05) is 12.4 Å². The summed E-state index contributed by atoms with van der Waals surface area (Å²) in [7, 11) is 1.55. The number of methoxy groups -OCH3 is 1. The predicted octanol–water partition coefficient (Wildman–Crippen LogP) is 4.41. The van der Waals surface area contributed by atoms with Gasteiger partial charge < -0.3 is 14.8 Å². The number of carbonyl (C=O) groups is 2. The molecule has 0 aromatic heterocycles. The van der Waals surface area contributed by atoms with Gasteiger partial charge in [0.1, 0.15) is 13.0 Å². The summed E-state index contributed by atoms with van der Waals surface area (Å²) in [6.45, 7) is 0.415. The van der Waals surface area contributed by atoms with Gasteiger partial charge >= 0.3 is 0 Å². The molecule has 0 atom stereocenters. The Balaban J connectivity index is 1.50. The van der Waals surface area contributed by atoms with Crippen molar-refractivity contribution in [3.8, 4) is 11.5 Å². The normalized spacial score (nSPS) is 10.6. The largest absolute Gasteiger partial charge is 0.493 e. The number of nitrogens with zero attached hydrogens (tertiary/aromatic N) is 1. The van der Waals surface area contributed by atoms with Gasteiger partial charge in [-0.3, -0.25) is 9.59 Å². The zero-order chi connectivity index (χ0) is 22.8. The average Bonchev–Trinajstić information content (AvgIpc) is 2.78. The van der Waals surface area contributed by atoms with Crippen LogP contribution in [-0.4, -0.2) is 25.1 Å². The standard InChI is InChI=1S/C24H22ClN3O4/c1-31-22-12-18(10-11-21(22)32-16-17-6-3-2-4-7-17)15-26-28-24(30)14-23(29)27-20-9-5-8-19(25)13-20/h2-13,15H,14,16H2,1H3,(H,27,29)(H,28,30). The second-order valence-corrected chi connectivity index (χ2v) is 7.15. The number of carbonyl (C=O) groups excluding carboxylic acids is 2. The van der Waals surface area contributed by atoms with Crippen molar-refractivity contribution in [3.63, 3.8) is 0 Å². The molecule has 7 nitrogen and oxygen atoms in total. The fraction of sp³-hybridized carbons (Fsp3) is 0.125. The Morgan fingerprint density at radius 2 is 1.78 bits per heavy atom. The maximum atomic E-state index is 12.0. The minimum atomic E-state index is -0.546. The molecule has 0 unspecified atom stereocenters. The van der Waals surface area contributed by atoms with Gasteiger partial charge in [-0.05, 0) is 47.5 Å². The van der Waals surface area contributed by atoms with Crippen molar-refractivity contribution in [2.24, 2.45) is 5.10 Å². The molecule has 3 rings (SSSR count). The van der Waals surface area contributed by atoms with Crippen LogP contribution in [-0.2, 0) is 16.2 Å². The summed E-state index contributed by atoms with van der Waals surface area (Å²) in [5, 5.41) is 6.98. The third-order valence-corrected chi connectivity index (χ3v) is 4.49. The van der Waals surface area contributed by atoms with Crippen molar-refractivity contribution < 1.29 is 19.1 Å². The first-order valence-electron chi connectivity index (χ1n) is 9.75. The number of nitrogens with one attached hydrogen (secondary N) is 2. The highest BCUT2D eigenvalue weighted by atomic mass is 35.5. The van der Waals surface area contributed by atoms with Gasteiger partial charge in [-0.25, -0.2) is 5.43 Å². The number of anilines is 1. The van der Waals surface area contributed by atoms with Crippen LogP contribution in [0.3, 0.4) is 0 Å². The van der Waals surface area contributed by atoms with E-state index in [-0.39, 0.29) is 6.42 Å². The third kappa shape index (κ3) is 7.14. The Morgan fingerprint density at radius 1 is 0.969 bits per heavy atom. The second-order valence-electron chi connectivity index (χ2n) is 6.71. The maximum absolute atomic E-state index is 12.0. The summed E-state index contributed by atoms with van der Waals surface area (Å²) >= 11 is 5.87. The van der Waals surface area contributed by atoms with Crippen LogP contribution in [0.1, 0.15) is 17.5 Å². The summed E-state index contributed by atoms with van der Waals surface area (Å²) in [5.41, 5.74) is 4.58. The van der Waals surface area contributed by atoms with Gasteiger partial charge in [-0.2, -0.15) is 5.10 Å². The molecule has 0 bridgehead atoms. The average molecular weight is 452 g/mol. The first-order valence-corrected chi connectivity index (χ1v) is 10.1. The first kappa shape index (κ1) is 22.8. The Labute approximate surface area is 191 Å².